The third-order valence-electron chi connectivity index (χ3n) is 2.42. The van der Waals surface area contributed by atoms with Crippen molar-refractivity contribution in [1.82, 2.24) is 15.1 Å². The van der Waals surface area contributed by atoms with Gasteiger partial charge in [0.1, 0.15) is 6.04 Å². The fraction of sp³-hybridized carbons (Fsp3) is 0.455. The molecule has 0 aliphatic carbocycles. The summed E-state index contributed by atoms with van der Waals surface area (Å²) in [6, 6.07) is -2.15. The predicted molar refractivity (Wildman–Crippen MR) is 71.5 cm³/mol. The van der Waals surface area contributed by atoms with Crippen molar-refractivity contribution in [3.8, 4) is 0 Å². The number of carboxylic acids is 1. The number of ether oxygens (including phenoxy) is 1. The molecule has 21 heavy (non-hydrogen) atoms. The van der Waals surface area contributed by atoms with Crippen molar-refractivity contribution < 1.29 is 24.2 Å². The number of amides is 3. The highest BCUT2D eigenvalue weighted by Gasteiger charge is 2.22. The average molecular weight is 299 g/mol. The number of carboxylic acid groups (broad SMARTS) is 1. The van der Waals surface area contributed by atoms with Gasteiger partial charge >= 0.3 is 12.0 Å². The molecule has 0 saturated carbocycles. The molecule has 3 amide bonds. The highest BCUT2D eigenvalue weighted by molar-refractivity contribution is 5.93. The number of urea groups is 1. The number of nitrogens with zero attached hydrogens (tertiary/aromatic N) is 2. The number of hydrogen-bond acceptors (Lipinski definition) is 5. The van der Waals surface area contributed by atoms with E-state index in [4.69, 9.17) is 15.6 Å². The van der Waals surface area contributed by atoms with Gasteiger partial charge in [0, 0.05) is 13.3 Å². The molecule has 0 fully saturated rings. The van der Waals surface area contributed by atoms with E-state index < -0.39 is 30.4 Å². The quantitative estimate of drug-likeness (QED) is 0.482. The van der Waals surface area contributed by atoms with Crippen molar-refractivity contribution in [3.05, 3.63) is 12.4 Å². The van der Waals surface area contributed by atoms with Crippen LogP contribution in [0.4, 0.5) is 10.5 Å². The molecule has 0 saturated heterocycles. The van der Waals surface area contributed by atoms with E-state index in [-0.39, 0.29) is 0 Å². The maximum atomic E-state index is 11.6. The first-order valence-electron chi connectivity index (χ1n) is 6.02. The molecule has 1 atom stereocenters. The van der Waals surface area contributed by atoms with E-state index in [0.29, 0.717) is 18.8 Å². The zero-order valence-electron chi connectivity index (χ0n) is 11.4. The number of methoxy groups -OCH3 is 1. The molecule has 116 valence electrons. The Hall–Kier alpha value is -2.62. The zero-order valence-corrected chi connectivity index (χ0v) is 11.4. The largest absolute Gasteiger partial charge is 0.480 e. The number of primary amides is 1. The molecule has 1 aromatic heterocycles. The van der Waals surface area contributed by atoms with Crippen molar-refractivity contribution in [2.45, 2.75) is 19.0 Å². The lowest BCUT2D eigenvalue weighted by Crippen LogP contribution is -2.45. The van der Waals surface area contributed by atoms with Crippen LogP contribution in [0.1, 0.15) is 6.42 Å². The van der Waals surface area contributed by atoms with Gasteiger partial charge in [-0.25, -0.2) is 9.59 Å². The zero-order chi connectivity index (χ0) is 15.8. The summed E-state index contributed by atoms with van der Waals surface area (Å²) in [6.45, 7) is 0.978. The summed E-state index contributed by atoms with van der Waals surface area (Å²) in [5.41, 5.74) is 5.29. The van der Waals surface area contributed by atoms with Crippen LogP contribution in [0.25, 0.3) is 0 Å². The minimum Gasteiger partial charge on any atom is -0.480 e. The normalized spacial score (nSPS) is 11.7. The lowest BCUT2D eigenvalue weighted by molar-refractivity contribution is -0.140. The van der Waals surface area contributed by atoms with E-state index >= 15 is 0 Å². The van der Waals surface area contributed by atoms with Gasteiger partial charge in [-0.2, -0.15) is 5.10 Å². The summed E-state index contributed by atoms with van der Waals surface area (Å²) < 4.78 is 6.44. The fourth-order valence-electron chi connectivity index (χ4n) is 1.46. The van der Waals surface area contributed by atoms with E-state index in [2.05, 4.69) is 15.7 Å². The van der Waals surface area contributed by atoms with Gasteiger partial charge in [-0.05, 0) is 0 Å². The molecule has 10 heteroatoms. The van der Waals surface area contributed by atoms with Crippen LogP contribution in [0, 0.1) is 0 Å². The topological polar surface area (TPSA) is 149 Å². The minimum atomic E-state index is -1.38. The van der Waals surface area contributed by atoms with Crippen LogP contribution in [-0.4, -0.2) is 52.6 Å². The second-order valence-corrected chi connectivity index (χ2v) is 4.14. The number of aliphatic carboxylic acids is 1. The SMILES string of the molecule is COCCn1cc(NC(=O)N[C@@H](CC(N)=O)C(=O)O)cn1. The molecule has 1 rings (SSSR count). The smallest absolute Gasteiger partial charge is 0.326 e. The Morgan fingerprint density at radius 2 is 2.24 bits per heavy atom. The highest BCUT2D eigenvalue weighted by Crippen LogP contribution is 2.04. The Morgan fingerprint density at radius 3 is 2.81 bits per heavy atom. The molecular formula is C11H17N5O5. The van der Waals surface area contributed by atoms with Crippen molar-refractivity contribution in [2.75, 3.05) is 19.0 Å². The summed E-state index contributed by atoms with van der Waals surface area (Å²) in [7, 11) is 1.56. The first kappa shape index (κ1) is 16.4. The molecule has 0 bridgehead atoms. The molecule has 0 unspecified atom stereocenters. The predicted octanol–water partition coefficient (Wildman–Crippen LogP) is -1.02. The number of nitrogens with one attached hydrogen (secondary N) is 2. The number of rotatable bonds is 8. The third-order valence-corrected chi connectivity index (χ3v) is 2.42. The number of carbonyl (C=O) groups excluding carboxylic acids is 2. The molecule has 0 aliphatic rings. The first-order valence-corrected chi connectivity index (χ1v) is 6.02. The van der Waals surface area contributed by atoms with Crippen molar-refractivity contribution in [2.24, 2.45) is 5.73 Å². The van der Waals surface area contributed by atoms with E-state index in [1.54, 1.807) is 18.0 Å². The molecular weight excluding hydrogens is 282 g/mol. The Bertz CT molecular complexity index is 515. The first-order chi connectivity index (χ1) is 9.92. The maximum Gasteiger partial charge on any atom is 0.326 e. The van der Waals surface area contributed by atoms with Crippen LogP contribution in [0.2, 0.25) is 0 Å². The van der Waals surface area contributed by atoms with Crippen LogP contribution in [0.5, 0.6) is 0 Å². The summed E-state index contributed by atoms with van der Waals surface area (Å²) in [6.07, 6.45) is 2.47. The van der Waals surface area contributed by atoms with E-state index in [1.165, 1.54) is 6.20 Å². The van der Waals surface area contributed by atoms with E-state index in [0.717, 1.165) is 0 Å². The van der Waals surface area contributed by atoms with Crippen molar-refractivity contribution in [1.29, 1.82) is 0 Å². The van der Waals surface area contributed by atoms with Gasteiger partial charge in [-0.3, -0.25) is 9.48 Å². The van der Waals surface area contributed by atoms with Gasteiger partial charge in [0.2, 0.25) is 5.91 Å². The van der Waals surface area contributed by atoms with Gasteiger partial charge in [0.15, 0.2) is 0 Å². The maximum absolute atomic E-state index is 11.6. The van der Waals surface area contributed by atoms with Crippen LogP contribution >= 0.6 is 0 Å². The minimum absolute atomic E-state index is 0.381. The van der Waals surface area contributed by atoms with Crippen LogP contribution in [0.3, 0.4) is 0 Å². The van der Waals surface area contributed by atoms with Crippen LogP contribution < -0.4 is 16.4 Å². The van der Waals surface area contributed by atoms with Crippen LogP contribution in [-0.2, 0) is 20.9 Å². The average Bonchev–Trinajstić information content (AvgIpc) is 2.82. The second kappa shape index (κ2) is 7.85. The monoisotopic (exact) mass is 299 g/mol. The molecule has 1 aromatic rings. The highest BCUT2D eigenvalue weighted by atomic mass is 16.5. The molecule has 10 nitrogen and oxygen atoms in total. The van der Waals surface area contributed by atoms with Gasteiger partial charge in [-0.1, -0.05) is 0 Å². The van der Waals surface area contributed by atoms with Crippen molar-refractivity contribution >= 4 is 23.6 Å². The number of hydrogen-bond donors (Lipinski definition) is 4. The van der Waals surface area contributed by atoms with Gasteiger partial charge in [-0.15, -0.1) is 0 Å². The van der Waals surface area contributed by atoms with Gasteiger partial charge < -0.3 is 26.2 Å². The Labute approximate surface area is 120 Å². The lowest BCUT2D eigenvalue weighted by atomic mass is 10.2. The van der Waals surface area contributed by atoms with Crippen LogP contribution in [0.15, 0.2) is 12.4 Å². The summed E-state index contributed by atoms with van der Waals surface area (Å²) in [5.74, 6) is -2.17. The Balaban J connectivity index is 2.53. The fourth-order valence-corrected chi connectivity index (χ4v) is 1.46. The number of anilines is 1. The molecule has 0 radical (unpaired) electrons. The molecule has 0 aliphatic heterocycles. The van der Waals surface area contributed by atoms with E-state index in [9.17, 15) is 14.4 Å². The van der Waals surface area contributed by atoms with Gasteiger partial charge in [0.05, 0.1) is 31.5 Å². The standard InChI is InChI=1S/C11H17N5O5/c1-21-3-2-16-6-7(5-13-16)14-11(20)15-8(10(18)19)4-9(12)17/h5-6,8H,2-4H2,1H3,(H2,12,17)(H,18,19)(H2,14,15,20)/t8-/m0/s1. The number of aromatic nitrogens is 2. The summed E-state index contributed by atoms with van der Waals surface area (Å²) in [5, 5.41) is 17.4. The lowest BCUT2D eigenvalue weighted by Gasteiger charge is -2.12. The number of carbonyl (C=O) groups is 3. The molecule has 0 spiro atoms. The molecule has 1 heterocycles. The summed E-state index contributed by atoms with van der Waals surface area (Å²) >= 11 is 0. The summed E-state index contributed by atoms with van der Waals surface area (Å²) in [4.78, 5) is 33.2. The molecule has 0 aromatic carbocycles. The third kappa shape index (κ3) is 5.91. The Kier molecular flexibility index (Phi) is 6.14. The van der Waals surface area contributed by atoms with Crippen molar-refractivity contribution in [3.63, 3.8) is 0 Å². The van der Waals surface area contributed by atoms with Gasteiger partial charge in [0.25, 0.3) is 0 Å². The number of nitrogens with two attached hydrogens (primary N) is 1. The Morgan fingerprint density at radius 1 is 1.52 bits per heavy atom. The molecule has 5 N–H and O–H groups in total. The second-order valence-electron chi connectivity index (χ2n) is 4.14. The van der Waals surface area contributed by atoms with E-state index in [1.807, 2.05) is 0 Å².